The van der Waals surface area contributed by atoms with Gasteiger partial charge in [0, 0.05) is 51.5 Å². The van der Waals surface area contributed by atoms with Crippen molar-refractivity contribution in [3.63, 3.8) is 0 Å². The van der Waals surface area contributed by atoms with Crippen LogP contribution in [0.25, 0.3) is 66.2 Å². The molecule has 10 rings (SSSR count). The number of benzene rings is 5. The molecule has 0 saturated carbocycles. The van der Waals surface area contributed by atoms with Gasteiger partial charge in [0.25, 0.3) is 0 Å². The molecule has 0 spiro atoms. The van der Waals surface area contributed by atoms with Crippen LogP contribution in [0.5, 0.6) is 11.5 Å². The van der Waals surface area contributed by atoms with Crippen molar-refractivity contribution in [2.24, 2.45) is 11.8 Å². The third-order valence-corrected chi connectivity index (χ3v) is 11.8. The maximum Gasteiger partial charge on any atom is 2.00 e. The Kier molecular flexibility index (Phi) is 7.92. The zero-order valence-electron chi connectivity index (χ0n) is 31.5. The van der Waals surface area contributed by atoms with Crippen molar-refractivity contribution in [1.82, 2.24) is 18.9 Å². The summed E-state index contributed by atoms with van der Waals surface area (Å²) >= 11 is 0. The second-order valence-corrected chi connectivity index (χ2v) is 15.5. The second kappa shape index (κ2) is 12.4. The van der Waals surface area contributed by atoms with Crippen molar-refractivity contribution in [1.29, 1.82) is 0 Å². The first-order valence-corrected chi connectivity index (χ1v) is 18.6. The van der Waals surface area contributed by atoms with Crippen molar-refractivity contribution in [3.05, 3.63) is 143 Å². The zero-order chi connectivity index (χ0) is 36.3. The van der Waals surface area contributed by atoms with Crippen molar-refractivity contribution in [3.8, 4) is 28.6 Å². The van der Waals surface area contributed by atoms with Gasteiger partial charge in [0.15, 0.2) is 0 Å². The standard InChI is InChI=1S/C48H40N4O.Pt/c1-27(2)48(28(3)4)39-14-10-13-37-36-20-18-33(25-43(36)52(45(37)39)47-40(48)15-11-21-49-47)53-32-17-19-34-35-12-8-9-16-42(35)51-26-41(50-46(51)38(34)24-32)44-30(6)22-29(5)23-31(44)7;/h8-23,26-28H,1-7H3;/q-2;+2. The van der Waals surface area contributed by atoms with Crippen LogP contribution in [0.15, 0.2) is 103 Å². The van der Waals surface area contributed by atoms with Gasteiger partial charge in [-0.05, 0) is 72.2 Å². The first-order valence-electron chi connectivity index (χ1n) is 18.6. The molecule has 0 N–H and O–H groups in total. The number of pyridine rings is 2. The molecule has 0 unspecified atom stereocenters. The van der Waals surface area contributed by atoms with E-state index in [1.54, 1.807) is 0 Å². The maximum atomic E-state index is 6.67. The zero-order valence-corrected chi connectivity index (χ0v) is 33.8. The Hall–Kier alpha value is -5.25. The van der Waals surface area contributed by atoms with E-state index in [4.69, 9.17) is 14.7 Å². The van der Waals surface area contributed by atoms with Crippen LogP contribution in [0.1, 0.15) is 55.5 Å². The summed E-state index contributed by atoms with van der Waals surface area (Å²) in [6.07, 6.45) is 4.08. The van der Waals surface area contributed by atoms with Gasteiger partial charge in [-0.3, -0.25) is 4.98 Å². The maximum absolute atomic E-state index is 6.67. The Balaban J connectivity index is 0.00000384. The van der Waals surface area contributed by atoms with Crippen LogP contribution < -0.4 is 4.74 Å². The van der Waals surface area contributed by atoms with Gasteiger partial charge in [0.2, 0.25) is 0 Å². The van der Waals surface area contributed by atoms with Crippen LogP contribution >= 0.6 is 0 Å². The number of hydrogen-bond donors (Lipinski definition) is 0. The predicted molar refractivity (Wildman–Crippen MR) is 217 cm³/mol. The third kappa shape index (κ3) is 4.67. The number of imidazole rings is 1. The molecular weight excluding hydrogens is 844 g/mol. The van der Waals surface area contributed by atoms with Crippen molar-refractivity contribution < 1.29 is 25.8 Å². The van der Waals surface area contributed by atoms with Gasteiger partial charge in [-0.1, -0.05) is 110 Å². The summed E-state index contributed by atoms with van der Waals surface area (Å²) < 4.78 is 11.2. The van der Waals surface area contributed by atoms with Gasteiger partial charge in [-0.15, -0.1) is 29.7 Å². The molecule has 0 aliphatic carbocycles. The Morgan fingerprint density at radius 2 is 1.39 bits per heavy atom. The number of ether oxygens (including phenoxy) is 1. The molecule has 5 aromatic carbocycles. The van der Waals surface area contributed by atoms with E-state index in [0.29, 0.717) is 23.3 Å². The van der Waals surface area contributed by atoms with E-state index < -0.39 is 0 Å². The smallest absolute Gasteiger partial charge is 0.503 e. The fraction of sp³-hybridized carbons (Fsp3) is 0.208. The van der Waals surface area contributed by atoms with E-state index in [9.17, 15) is 0 Å². The molecule has 9 aromatic rings. The van der Waals surface area contributed by atoms with Gasteiger partial charge in [0.1, 0.15) is 5.82 Å². The summed E-state index contributed by atoms with van der Waals surface area (Å²) in [5.41, 5.74) is 12.4. The van der Waals surface area contributed by atoms with Gasteiger partial charge < -0.3 is 13.7 Å². The number of aromatic nitrogens is 4. The largest absolute Gasteiger partial charge is 2.00 e. The summed E-state index contributed by atoms with van der Waals surface area (Å²) in [6.45, 7) is 15.9. The molecule has 5 heterocycles. The van der Waals surface area contributed by atoms with Crippen LogP contribution in [0.3, 0.4) is 0 Å². The molecule has 0 amide bonds. The van der Waals surface area contributed by atoms with E-state index in [1.165, 1.54) is 44.3 Å². The molecule has 5 nitrogen and oxygen atoms in total. The first kappa shape index (κ1) is 34.5. The van der Waals surface area contributed by atoms with Crippen LogP contribution in [-0.2, 0) is 26.5 Å². The quantitative estimate of drug-likeness (QED) is 0.128. The normalized spacial score (nSPS) is 13.4. The molecule has 0 bridgehead atoms. The van der Waals surface area contributed by atoms with Gasteiger partial charge in [-0.2, -0.15) is 6.07 Å². The van der Waals surface area contributed by atoms with Crippen molar-refractivity contribution in [2.75, 3.05) is 0 Å². The minimum Gasteiger partial charge on any atom is -0.503 e. The molecule has 0 radical (unpaired) electrons. The van der Waals surface area contributed by atoms with Gasteiger partial charge in [0.05, 0.1) is 11.3 Å². The van der Waals surface area contributed by atoms with Gasteiger partial charge in [-0.25, -0.2) is 4.98 Å². The summed E-state index contributed by atoms with van der Waals surface area (Å²) in [4.78, 5) is 10.3. The molecule has 0 fully saturated rings. The number of para-hydroxylation sites is 2. The third-order valence-electron chi connectivity index (χ3n) is 11.8. The first-order chi connectivity index (χ1) is 25.7. The van der Waals surface area contributed by atoms with E-state index in [-0.39, 0.29) is 26.5 Å². The van der Waals surface area contributed by atoms with E-state index in [0.717, 1.165) is 49.7 Å². The molecule has 0 atom stereocenters. The number of hydrogen-bond acceptors (Lipinski definition) is 3. The molecule has 6 heteroatoms. The predicted octanol–water partition coefficient (Wildman–Crippen LogP) is 12.0. The Labute approximate surface area is 329 Å². The fourth-order valence-corrected chi connectivity index (χ4v) is 9.94. The monoisotopic (exact) mass is 883 g/mol. The second-order valence-electron chi connectivity index (χ2n) is 15.5. The summed E-state index contributed by atoms with van der Waals surface area (Å²) in [5, 5.41) is 5.50. The minimum absolute atomic E-state index is 0. The minimum atomic E-state index is -0.175. The van der Waals surface area contributed by atoms with Crippen LogP contribution in [-0.4, -0.2) is 18.9 Å². The number of fused-ring (bicyclic) bond motifs is 11. The molecule has 1 aliphatic rings. The average Bonchev–Trinajstić information content (AvgIpc) is 3.72. The SMILES string of the molecule is Cc1cc(C)c(-c2cn3c4ccccc4c4ccc(Oc5[c-]c6c(cc5)c5cccc7c5n6-c5ncccc5C7(C(C)C)C(C)C)[c-]c4c3n2)c(C)c1.[Pt+2]. The summed E-state index contributed by atoms with van der Waals surface area (Å²) in [5.74, 6) is 2.96. The molecule has 54 heavy (non-hydrogen) atoms. The van der Waals surface area contributed by atoms with E-state index in [2.05, 4.69) is 155 Å². The Morgan fingerprint density at radius 1 is 0.704 bits per heavy atom. The van der Waals surface area contributed by atoms with Crippen LogP contribution in [0.4, 0.5) is 0 Å². The van der Waals surface area contributed by atoms with Crippen LogP contribution in [0.2, 0.25) is 0 Å². The van der Waals surface area contributed by atoms with Crippen molar-refractivity contribution in [2.45, 2.75) is 53.9 Å². The average molecular weight is 884 g/mol. The number of aryl methyl sites for hydroxylation is 3. The van der Waals surface area contributed by atoms with E-state index in [1.807, 2.05) is 18.3 Å². The summed E-state index contributed by atoms with van der Waals surface area (Å²) in [7, 11) is 0. The number of nitrogens with zero attached hydrogens (tertiary/aromatic N) is 4. The van der Waals surface area contributed by atoms with Gasteiger partial charge >= 0.3 is 21.1 Å². The van der Waals surface area contributed by atoms with E-state index >= 15 is 0 Å². The Morgan fingerprint density at radius 3 is 2.15 bits per heavy atom. The summed E-state index contributed by atoms with van der Waals surface area (Å²) in [6, 6.07) is 39.8. The molecule has 0 saturated heterocycles. The molecule has 4 aromatic heterocycles. The van der Waals surface area contributed by atoms with Crippen LogP contribution in [0, 0.1) is 44.7 Å². The fourth-order valence-electron chi connectivity index (χ4n) is 9.94. The Bertz CT molecular complexity index is 2950. The van der Waals surface area contributed by atoms with Crippen molar-refractivity contribution >= 4 is 49.1 Å². The molecule has 268 valence electrons. The molecular formula is C48H40N4OPt. The molecule has 1 aliphatic heterocycles. The number of rotatable bonds is 5. The topological polar surface area (TPSA) is 44.4 Å².